The van der Waals surface area contributed by atoms with Crippen LogP contribution in [0, 0.1) is 6.92 Å². The first-order valence-electron chi connectivity index (χ1n) is 6.50. The molecule has 0 spiro atoms. The molecule has 104 valence electrons. The number of pyridine rings is 1. The quantitative estimate of drug-likeness (QED) is 0.887. The average molecular weight is 263 g/mol. The fourth-order valence-electron chi connectivity index (χ4n) is 1.86. The van der Waals surface area contributed by atoms with Crippen molar-refractivity contribution in [2.24, 2.45) is 0 Å². The molecule has 0 radical (unpaired) electrons. The van der Waals surface area contributed by atoms with Gasteiger partial charge in [0.25, 0.3) is 0 Å². The Balaban J connectivity index is 1.79. The van der Waals surface area contributed by atoms with Gasteiger partial charge < -0.3 is 15.0 Å². The molecule has 0 saturated carbocycles. The molecule has 1 aliphatic heterocycles. The van der Waals surface area contributed by atoms with Crippen molar-refractivity contribution in [1.29, 1.82) is 0 Å². The van der Waals surface area contributed by atoms with Crippen molar-refractivity contribution in [2.45, 2.75) is 39.3 Å². The fraction of sp³-hybridized carbons (Fsp3) is 0.571. The van der Waals surface area contributed by atoms with E-state index in [0.29, 0.717) is 13.1 Å². The lowest BCUT2D eigenvalue weighted by molar-refractivity contribution is 0.0422. The van der Waals surface area contributed by atoms with E-state index in [0.717, 1.165) is 11.4 Å². The number of likely N-dealkylation sites (tertiary alicyclic amines) is 1. The number of urea groups is 1. The summed E-state index contributed by atoms with van der Waals surface area (Å²) in [6, 6.07) is 3.71. The molecule has 1 aliphatic rings. The van der Waals surface area contributed by atoms with Crippen molar-refractivity contribution in [3.8, 4) is 5.75 Å². The van der Waals surface area contributed by atoms with Crippen LogP contribution < -0.4 is 10.1 Å². The van der Waals surface area contributed by atoms with Crippen molar-refractivity contribution >= 4 is 6.03 Å². The molecule has 2 amide bonds. The maximum Gasteiger partial charge on any atom is 0.318 e. The van der Waals surface area contributed by atoms with Crippen LogP contribution in [0.4, 0.5) is 4.79 Å². The van der Waals surface area contributed by atoms with Crippen molar-refractivity contribution in [3.05, 3.63) is 24.0 Å². The van der Waals surface area contributed by atoms with E-state index >= 15 is 0 Å². The number of carbonyl (C=O) groups excluding carboxylic acids is 1. The number of aryl methyl sites for hydroxylation is 1. The lowest BCUT2D eigenvalue weighted by Gasteiger charge is -2.40. The molecule has 19 heavy (non-hydrogen) atoms. The van der Waals surface area contributed by atoms with Gasteiger partial charge in [-0.25, -0.2) is 4.79 Å². The van der Waals surface area contributed by atoms with E-state index in [-0.39, 0.29) is 17.7 Å². The van der Waals surface area contributed by atoms with Gasteiger partial charge in [-0.1, -0.05) is 0 Å². The van der Waals surface area contributed by atoms with Gasteiger partial charge in [-0.05, 0) is 33.8 Å². The zero-order chi connectivity index (χ0) is 14.0. The van der Waals surface area contributed by atoms with Crippen molar-refractivity contribution in [1.82, 2.24) is 15.2 Å². The Labute approximate surface area is 114 Å². The molecule has 0 unspecified atom stereocenters. The number of hydrogen-bond donors (Lipinski definition) is 1. The Hall–Kier alpha value is -1.78. The monoisotopic (exact) mass is 263 g/mol. The largest absolute Gasteiger partial charge is 0.487 e. The number of rotatable bonds is 2. The van der Waals surface area contributed by atoms with E-state index in [1.807, 2.05) is 39.8 Å². The van der Waals surface area contributed by atoms with E-state index in [1.165, 1.54) is 0 Å². The first kappa shape index (κ1) is 13.6. The summed E-state index contributed by atoms with van der Waals surface area (Å²) in [6.45, 7) is 9.10. The molecule has 2 rings (SSSR count). The molecule has 1 aromatic rings. The summed E-state index contributed by atoms with van der Waals surface area (Å²) in [5.41, 5.74) is 0.727. The zero-order valence-electron chi connectivity index (χ0n) is 11.9. The molecule has 0 aromatic carbocycles. The Morgan fingerprint density at radius 3 is 2.74 bits per heavy atom. The molecule has 5 heteroatoms. The molecule has 1 saturated heterocycles. The molecule has 1 aromatic heterocycles. The standard InChI is InChI=1S/C14H21N3O2/c1-10-7-11(5-6-15-10)19-12-8-17(9-12)13(18)16-14(2,3)4/h5-7,12H,8-9H2,1-4H3,(H,16,18). The predicted octanol–water partition coefficient (Wildman–Crippen LogP) is 1.96. The number of ether oxygens (including phenoxy) is 1. The van der Waals surface area contributed by atoms with E-state index < -0.39 is 0 Å². The van der Waals surface area contributed by atoms with Crippen LogP contribution in [0.5, 0.6) is 5.75 Å². The van der Waals surface area contributed by atoms with Crippen molar-refractivity contribution in [2.75, 3.05) is 13.1 Å². The summed E-state index contributed by atoms with van der Waals surface area (Å²) in [4.78, 5) is 17.7. The van der Waals surface area contributed by atoms with Gasteiger partial charge in [0.1, 0.15) is 11.9 Å². The highest BCUT2D eigenvalue weighted by atomic mass is 16.5. The fourth-order valence-corrected chi connectivity index (χ4v) is 1.86. The van der Waals surface area contributed by atoms with Gasteiger partial charge >= 0.3 is 6.03 Å². The SMILES string of the molecule is Cc1cc(OC2CN(C(=O)NC(C)(C)C)C2)ccn1. The molecule has 5 nitrogen and oxygen atoms in total. The van der Waals surface area contributed by atoms with E-state index in [9.17, 15) is 4.79 Å². The Morgan fingerprint density at radius 2 is 2.16 bits per heavy atom. The van der Waals surface area contributed by atoms with Gasteiger partial charge in [-0.2, -0.15) is 0 Å². The van der Waals surface area contributed by atoms with Crippen LogP contribution in [0.2, 0.25) is 0 Å². The van der Waals surface area contributed by atoms with Crippen LogP contribution >= 0.6 is 0 Å². The molecule has 1 fully saturated rings. The van der Waals surface area contributed by atoms with Crippen molar-refractivity contribution in [3.63, 3.8) is 0 Å². The second kappa shape index (κ2) is 5.07. The van der Waals surface area contributed by atoms with E-state index in [1.54, 1.807) is 11.1 Å². The van der Waals surface area contributed by atoms with Gasteiger partial charge in [0.15, 0.2) is 0 Å². The van der Waals surface area contributed by atoms with Crippen LogP contribution in [0.3, 0.4) is 0 Å². The highest BCUT2D eigenvalue weighted by molar-refractivity contribution is 5.75. The number of aromatic nitrogens is 1. The van der Waals surface area contributed by atoms with Gasteiger partial charge in [0.05, 0.1) is 13.1 Å². The molecule has 0 atom stereocenters. The Bertz CT molecular complexity index is 462. The minimum Gasteiger partial charge on any atom is -0.487 e. The number of nitrogens with zero attached hydrogens (tertiary/aromatic N) is 2. The number of amides is 2. The predicted molar refractivity (Wildman–Crippen MR) is 73.2 cm³/mol. The molecule has 1 N–H and O–H groups in total. The highest BCUT2D eigenvalue weighted by Crippen LogP contribution is 2.18. The second-order valence-corrected chi connectivity index (χ2v) is 5.96. The topological polar surface area (TPSA) is 54.5 Å². The highest BCUT2D eigenvalue weighted by Gasteiger charge is 2.33. The third-order valence-corrected chi connectivity index (χ3v) is 2.79. The molecule has 0 aliphatic carbocycles. The van der Waals surface area contributed by atoms with Gasteiger partial charge in [-0.15, -0.1) is 0 Å². The van der Waals surface area contributed by atoms with Gasteiger partial charge in [0, 0.05) is 23.5 Å². The zero-order valence-corrected chi connectivity index (χ0v) is 11.9. The van der Waals surface area contributed by atoms with Crippen LogP contribution in [0.15, 0.2) is 18.3 Å². The summed E-state index contributed by atoms with van der Waals surface area (Å²) in [7, 11) is 0. The van der Waals surface area contributed by atoms with Crippen molar-refractivity contribution < 1.29 is 9.53 Å². The van der Waals surface area contributed by atoms with E-state index in [4.69, 9.17) is 4.74 Å². The number of hydrogen-bond acceptors (Lipinski definition) is 3. The minimum absolute atomic E-state index is 0.0294. The smallest absolute Gasteiger partial charge is 0.318 e. The average Bonchev–Trinajstić information content (AvgIpc) is 2.20. The molecule has 2 heterocycles. The molecular weight excluding hydrogens is 242 g/mol. The van der Waals surface area contributed by atoms with E-state index in [2.05, 4.69) is 10.3 Å². The Kier molecular flexibility index (Phi) is 3.64. The summed E-state index contributed by atoms with van der Waals surface area (Å²) >= 11 is 0. The number of carbonyl (C=O) groups is 1. The minimum atomic E-state index is -0.203. The summed E-state index contributed by atoms with van der Waals surface area (Å²) in [5.74, 6) is 0.813. The van der Waals surface area contributed by atoms with Crippen LogP contribution in [-0.2, 0) is 0 Å². The third-order valence-electron chi connectivity index (χ3n) is 2.79. The van der Waals surface area contributed by atoms with Gasteiger partial charge in [-0.3, -0.25) is 4.98 Å². The Morgan fingerprint density at radius 1 is 1.47 bits per heavy atom. The van der Waals surface area contributed by atoms with Gasteiger partial charge in [0.2, 0.25) is 0 Å². The maximum atomic E-state index is 11.8. The third kappa shape index (κ3) is 3.84. The van der Waals surface area contributed by atoms with Crippen LogP contribution in [-0.4, -0.2) is 40.6 Å². The molecular formula is C14H21N3O2. The summed E-state index contributed by atoms with van der Waals surface area (Å²) in [5, 5.41) is 2.94. The molecule has 0 bridgehead atoms. The van der Waals surface area contributed by atoms with Crippen LogP contribution in [0.25, 0.3) is 0 Å². The lowest BCUT2D eigenvalue weighted by Crippen LogP contribution is -2.61. The summed E-state index contributed by atoms with van der Waals surface area (Å²) < 4.78 is 5.78. The summed E-state index contributed by atoms with van der Waals surface area (Å²) in [6.07, 6.45) is 1.81. The maximum absolute atomic E-state index is 11.8. The first-order chi connectivity index (χ1) is 8.83. The second-order valence-electron chi connectivity index (χ2n) is 5.96. The lowest BCUT2D eigenvalue weighted by atomic mass is 10.1. The van der Waals surface area contributed by atoms with Crippen LogP contribution in [0.1, 0.15) is 26.5 Å². The first-order valence-corrected chi connectivity index (χ1v) is 6.50. The normalized spacial score (nSPS) is 15.9. The number of nitrogens with one attached hydrogen (secondary N) is 1.